The number of hydrogen-bond acceptors (Lipinski definition) is 5. The Morgan fingerprint density at radius 1 is 1.12 bits per heavy atom. The summed E-state index contributed by atoms with van der Waals surface area (Å²) in [4.78, 5) is 11.2. The van der Waals surface area contributed by atoms with Crippen LogP contribution in [-0.4, -0.2) is 58.2 Å². The largest absolute Gasteiger partial charge is 0.396 e. The van der Waals surface area contributed by atoms with Crippen LogP contribution in [0.15, 0.2) is 36.5 Å². The van der Waals surface area contributed by atoms with E-state index in [9.17, 15) is 5.11 Å². The molecular weight excluding hydrogens is 342 g/mol. The highest BCUT2D eigenvalue weighted by atomic mass is 32.1. The minimum atomic E-state index is 0.292. The Kier molecular flexibility index (Phi) is 6.00. The molecule has 0 amide bonds. The molecule has 5 heteroatoms. The van der Waals surface area contributed by atoms with Crippen LogP contribution in [0.5, 0.6) is 0 Å². The normalized spacial score (nSPS) is 22.9. The quantitative estimate of drug-likeness (QED) is 0.842. The molecule has 0 spiro atoms. The lowest BCUT2D eigenvalue weighted by atomic mass is 10.0. The molecule has 1 N–H and O–H groups in total. The van der Waals surface area contributed by atoms with Crippen molar-refractivity contribution in [2.24, 2.45) is 0 Å². The molecule has 1 aliphatic carbocycles. The molecule has 26 heavy (non-hydrogen) atoms. The second-order valence-electron chi connectivity index (χ2n) is 7.58. The molecule has 2 fully saturated rings. The lowest BCUT2D eigenvalue weighted by molar-refractivity contribution is 0.0271. The van der Waals surface area contributed by atoms with Gasteiger partial charge in [0.1, 0.15) is 5.01 Å². The summed E-state index contributed by atoms with van der Waals surface area (Å²) in [6, 6.07) is 11.7. The Bertz CT molecular complexity index is 684. The highest BCUT2D eigenvalue weighted by Crippen LogP contribution is 2.30. The van der Waals surface area contributed by atoms with Crippen LogP contribution in [0.3, 0.4) is 0 Å². The van der Waals surface area contributed by atoms with Crippen LogP contribution in [0.4, 0.5) is 0 Å². The molecule has 1 saturated heterocycles. The molecule has 1 aromatic heterocycles. The zero-order chi connectivity index (χ0) is 17.8. The zero-order valence-electron chi connectivity index (χ0n) is 15.4. The monoisotopic (exact) mass is 371 g/mol. The van der Waals surface area contributed by atoms with Crippen LogP contribution in [-0.2, 0) is 6.54 Å². The summed E-state index contributed by atoms with van der Waals surface area (Å²) in [5.41, 5.74) is 1.20. The SMILES string of the molecule is OCC[C@H]1CN(Cc2cnc(-c3ccccc3)s2)CCN1C1CCCC1. The average Bonchev–Trinajstić information content (AvgIpc) is 3.35. The Morgan fingerprint density at radius 3 is 2.69 bits per heavy atom. The van der Waals surface area contributed by atoms with Crippen LogP contribution in [0.25, 0.3) is 10.6 Å². The van der Waals surface area contributed by atoms with Crippen molar-refractivity contribution >= 4 is 11.3 Å². The van der Waals surface area contributed by atoms with Gasteiger partial charge < -0.3 is 5.11 Å². The Morgan fingerprint density at radius 2 is 1.92 bits per heavy atom. The first-order valence-corrected chi connectivity index (χ1v) is 10.7. The lowest BCUT2D eigenvalue weighted by Gasteiger charge is -2.44. The van der Waals surface area contributed by atoms with Crippen molar-refractivity contribution in [2.45, 2.75) is 50.7 Å². The maximum absolute atomic E-state index is 9.53. The predicted octanol–water partition coefficient (Wildman–Crippen LogP) is 3.62. The number of hydrogen-bond donors (Lipinski definition) is 1. The molecule has 1 aromatic carbocycles. The van der Waals surface area contributed by atoms with Gasteiger partial charge in [0, 0.05) is 61.5 Å². The number of aromatic nitrogens is 1. The first-order chi connectivity index (χ1) is 12.8. The third-order valence-electron chi connectivity index (χ3n) is 5.82. The van der Waals surface area contributed by atoms with E-state index >= 15 is 0 Å². The molecule has 2 aromatic rings. The van der Waals surface area contributed by atoms with E-state index in [0.717, 1.165) is 43.6 Å². The number of rotatable bonds is 6. The zero-order valence-corrected chi connectivity index (χ0v) is 16.2. The van der Waals surface area contributed by atoms with Crippen LogP contribution >= 0.6 is 11.3 Å². The standard InChI is InChI=1S/C21H29N3OS/c25-13-10-19-15-23(11-12-24(19)18-8-4-5-9-18)16-20-14-22-21(26-20)17-6-2-1-3-7-17/h1-3,6-7,14,18-19,25H,4-5,8-13,15-16H2/t19-/m0/s1. The van der Waals surface area contributed by atoms with E-state index in [2.05, 4.69) is 39.0 Å². The maximum atomic E-state index is 9.53. The molecule has 140 valence electrons. The van der Waals surface area contributed by atoms with Crippen molar-refractivity contribution in [3.63, 3.8) is 0 Å². The molecule has 0 radical (unpaired) electrons. The van der Waals surface area contributed by atoms with Gasteiger partial charge in [0.15, 0.2) is 0 Å². The highest BCUT2D eigenvalue weighted by molar-refractivity contribution is 7.15. The molecule has 0 bridgehead atoms. The van der Waals surface area contributed by atoms with Gasteiger partial charge >= 0.3 is 0 Å². The molecule has 1 saturated carbocycles. The number of thiazole rings is 1. The van der Waals surface area contributed by atoms with Crippen LogP contribution < -0.4 is 0 Å². The minimum absolute atomic E-state index is 0.292. The summed E-state index contributed by atoms with van der Waals surface area (Å²) >= 11 is 1.80. The summed E-state index contributed by atoms with van der Waals surface area (Å²) in [5, 5.41) is 10.6. The van der Waals surface area contributed by atoms with Crippen LogP contribution in [0.1, 0.15) is 37.0 Å². The summed E-state index contributed by atoms with van der Waals surface area (Å²) in [5.74, 6) is 0. The first-order valence-electron chi connectivity index (χ1n) is 9.92. The van der Waals surface area contributed by atoms with Crippen molar-refractivity contribution in [2.75, 3.05) is 26.2 Å². The van der Waals surface area contributed by atoms with Crippen molar-refractivity contribution in [3.8, 4) is 10.6 Å². The second-order valence-corrected chi connectivity index (χ2v) is 8.69. The fourth-order valence-electron chi connectivity index (χ4n) is 4.52. The number of piperazine rings is 1. The molecule has 2 heterocycles. The van der Waals surface area contributed by atoms with E-state index in [1.807, 2.05) is 12.3 Å². The van der Waals surface area contributed by atoms with Crippen molar-refractivity contribution in [1.82, 2.24) is 14.8 Å². The molecule has 1 atom stereocenters. The number of benzene rings is 1. The third kappa shape index (κ3) is 4.17. The number of aliphatic hydroxyl groups is 1. The van der Waals surface area contributed by atoms with E-state index in [1.54, 1.807) is 11.3 Å². The molecular formula is C21H29N3OS. The van der Waals surface area contributed by atoms with Gasteiger partial charge in [0.2, 0.25) is 0 Å². The summed E-state index contributed by atoms with van der Waals surface area (Å²) < 4.78 is 0. The van der Waals surface area contributed by atoms with Gasteiger partial charge in [0.05, 0.1) is 0 Å². The van der Waals surface area contributed by atoms with Crippen molar-refractivity contribution in [1.29, 1.82) is 0 Å². The summed E-state index contributed by atoms with van der Waals surface area (Å²) in [6.45, 7) is 4.59. The van der Waals surface area contributed by atoms with Gasteiger partial charge in [0.25, 0.3) is 0 Å². The highest BCUT2D eigenvalue weighted by Gasteiger charge is 2.33. The second kappa shape index (κ2) is 8.61. The Balaban J connectivity index is 1.39. The number of nitrogens with zero attached hydrogens (tertiary/aromatic N) is 3. The molecule has 0 unspecified atom stereocenters. The van der Waals surface area contributed by atoms with Crippen LogP contribution in [0, 0.1) is 0 Å². The fraction of sp³-hybridized carbons (Fsp3) is 0.571. The van der Waals surface area contributed by atoms with Gasteiger partial charge in [-0.2, -0.15) is 0 Å². The van der Waals surface area contributed by atoms with E-state index in [0.29, 0.717) is 12.6 Å². The van der Waals surface area contributed by atoms with Gasteiger partial charge in [-0.3, -0.25) is 9.80 Å². The third-order valence-corrected chi connectivity index (χ3v) is 6.85. The molecule has 1 aliphatic heterocycles. The molecule has 2 aliphatic rings. The Hall–Kier alpha value is -1.27. The average molecular weight is 372 g/mol. The topological polar surface area (TPSA) is 39.6 Å². The smallest absolute Gasteiger partial charge is 0.123 e. The molecule has 4 nitrogen and oxygen atoms in total. The number of aliphatic hydroxyl groups excluding tert-OH is 1. The Labute approximate surface area is 160 Å². The maximum Gasteiger partial charge on any atom is 0.123 e. The fourth-order valence-corrected chi connectivity index (χ4v) is 5.48. The van der Waals surface area contributed by atoms with E-state index < -0.39 is 0 Å². The minimum Gasteiger partial charge on any atom is -0.396 e. The van der Waals surface area contributed by atoms with Gasteiger partial charge in [-0.25, -0.2) is 4.98 Å². The van der Waals surface area contributed by atoms with E-state index in [1.165, 1.54) is 36.1 Å². The van der Waals surface area contributed by atoms with Gasteiger partial charge in [-0.05, 0) is 19.3 Å². The predicted molar refractivity (Wildman–Crippen MR) is 107 cm³/mol. The first kappa shape index (κ1) is 18.1. The lowest BCUT2D eigenvalue weighted by Crippen LogP contribution is -2.55. The van der Waals surface area contributed by atoms with Gasteiger partial charge in [-0.1, -0.05) is 43.2 Å². The molecule has 4 rings (SSSR count). The summed E-state index contributed by atoms with van der Waals surface area (Å²) in [6.07, 6.45) is 8.37. The van der Waals surface area contributed by atoms with E-state index in [4.69, 9.17) is 0 Å². The van der Waals surface area contributed by atoms with Crippen molar-refractivity contribution in [3.05, 3.63) is 41.4 Å². The van der Waals surface area contributed by atoms with Gasteiger partial charge in [-0.15, -0.1) is 11.3 Å². The van der Waals surface area contributed by atoms with Crippen molar-refractivity contribution < 1.29 is 5.11 Å². The van der Waals surface area contributed by atoms with Crippen LogP contribution in [0.2, 0.25) is 0 Å². The summed E-state index contributed by atoms with van der Waals surface area (Å²) in [7, 11) is 0. The van der Waals surface area contributed by atoms with E-state index in [-0.39, 0.29) is 0 Å².